The van der Waals surface area contributed by atoms with Crippen molar-refractivity contribution in [2.75, 3.05) is 31.7 Å². The molecule has 0 fully saturated rings. The smallest absolute Gasteiger partial charge is 0.0488 e. The Balaban J connectivity index is 2.52. The van der Waals surface area contributed by atoms with Gasteiger partial charge in [-0.05, 0) is 68.1 Å². The lowest BCUT2D eigenvalue weighted by atomic mass is 10.2. The summed E-state index contributed by atoms with van der Waals surface area (Å²) < 4.78 is 1.02. The predicted molar refractivity (Wildman–Crippen MR) is 74.8 cm³/mol. The number of nitrogens with two attached hydrogens (primary N) is 1. The average molecular weight is 286 g/mol. The molecule has 0 saturated carbocycles. The molecule has 1 aromatic rings. The Bertz CT molecular complexity index is 339. The molecule has 3 nitrogen and oxygen atoms in total. The van der Waals surface area contributed by atoms with Crippen LogP contribution < -0.4 is 11.1 Å². The summed E-state index contributed by atoms with van der Waals surface area (Å²) in [6.07, 6.45) is 1.11. The van der Waals surface area contributed by atoms with Crippen LogP contribution in [-0.2, 0) is 0 Å². The maximum atomic E-state index is 5.69. The van der Waals surface area contributed by atoms with Crippen LogP contribution in [0.3, 0.4) is 0 Å². The summed E-state index contributed by atoms with van der Waals surface area (Å²) in [6, 6.07) is 6.28. The average Bonchev–Trinajstić information content (AvgIpc) is 2.19. The van der Waals surface area contributed by atoms with Crippen LogP contribution in [0.1, 0.15) is 13.3 Å². The molecule has 1 atom stereocenters. The molecule has 3 N–H and O–H groups in total. The van der Waals surface area contributed by atoms with Crippen molar-refractivity contribution < 1.29 is 0 Å². The van der Waals surface area contributed by atoms with Gasteiger partial charge in [-0.2, -0.15) is 0 Å². The van der Waals surface area contributed by atoms with Crippen LogP contribution in [0.5, 0.6) is 0 Å². The van der Waals surface area contributed by atoms with E-state index in [-0.39, 0.29) is 0 Å². The Labute approximate surface area is 106 Å². The molecule has 0 spiro atoms. The highest BCUT2D eigenvalue weighted by Crippen LogP contribution is 2.25. The Morgan fingerprint density at radius 2 is 2.12 bits per heavy atom. The van der Waals surface area contributed by atoms with Gasteiger partial charge in [0.1, 0.15) is 0 Å². The number of anilines is 2. The monoisotopic (exact) mass is 285 g/mol. The summed E-state index contributed by atoms with van der Waals surface area (Å²) in [6.45, 7) is 3.27. The van der Waals surface area contributed by atoms with Crippen molar-refractivity contribution in [3.8, 4) is 0 Å². The molecule has 0 radical (unpaired) electrons. The van der Waals surface area contributed by atoms with Gasteiger partial charge in [-0.15, -0.1) is 0 Å². The largest absolute Gasteiger partial charge is 0.399 e. The minimum atomic E-state index is 0.447. The number of halogens is 1. The minimum absolute atomic E-state index is 0.447. The van der Waals surface area contributed by atoms with Gasteiger partial charge in [0.05, 0.1) is 0 Å². The second kappa shape index (κ2) is 6.11. The van der Waals surface area contributed by atoms with Gasteiger partial charge in [0, 0.05) is 21.9 Å². The van der Waals surface area contributed by atoms with Gasteiger partial charge in [0.25, 0.3) is 0 Å². The van der Waals surface area contributed by atoms with E-state index < -0.39 is 0 Å². The molecule has 90 valence electrons. The summed E-state index contributed by atoms with van der Waals surface area (Å²) in [5, 5.41) is 3.46. The highest BCUT2D eigenvalue weighted by Gasteiger charge is 2.05. The summed E-state index contributed by atoms with van der Waals surface area (Å²) in [5.41, 5.74) is 7.57. The zero-order valence-corrected chi connectivity index (χ0v) is 11.7. The van der Waals surface area contributed by atoms with Gasteiger partial charge in [-0.25, -0.2) is 0 Å². The molecule has 16 heavy (non-hydrogen) atoms. The van der Waals surface area contributed by atoms with Gasteiger partial charge in [0.2, 0.25) is 0 Å². The quantitative estimate of drug-likeness (QED) is 0.818. The molecule has 0 aliphatic carbocycles. The van der Waals surface area contributed by atoms with Crippen LogP contribution in [-0.4, -0.2) is 31.6 Å². The fourth-order valence-electron chi connectivity index (χ4n) is 1.44. The normalized spacial score (nSPS) is 12.8. The van der Waals surface area contributed by atoms with Crippen molar-refractivity contribution >= 4 is 27.3 Å². The number of nitrogens with one attached hydrogen (secondary N) is 1. The predicted octanol–water partition coefficient (Wildman–Crippen LogP) is 2.78. The van der Waals surface area contributed by atoms with Crippen LogP contribution >= 0.6 is 15.9 Å². The van der Waals surface area contributed by atoms with Crippen LogP contribution in [0.15, 0.2) is 22.7 Å². The van der Waals surface area contributed by atoms with Crippen LogP contribution in [0, 0.1) is 0 Å². The summed E-state index contributed by atoms with van der Waals surface area (Å²) >= 11 is 3.50. The van der Waals surface area contributed by atoms with Crippen molar-refractivity contribution in [1.29, 1.82) is 0 Å². The maximum absolute atomic E-state index is 5.69. The van der Waals surface area contributed by atoms with E-state index in [0.717, 1.165) is 28.8 Å². The van der Waals surface area contributed by atoms with E-state index in [1.54, 1.807) is 0 Å². The summed E-state index contributed by atoms with van der Waals surface area (Å²) in [5.74, 6) is 0. The van der Waals surface area contributed by atoms with Gasteiger partial charge in [-0.3, -0.25) is 0 Å². The molecule has 1 unspecified atom stereocenters. The van der Waals surface area contributed by atoms with E-state index in [0.29, 0.717) is 6.04 Å². The van der Waals surface area contributed by atoms with Crippen LogP contribution in [0.4, 0.5) is 11.4 Å². The Kier molecular flexibility index (Phi) is 5.09. The number of rotatable bonds is 5. The molecular formula is C12H20BrN3. The summed E-state index contributed by atoms with van der Waals surface area (Å²) in [7, 11) is 4.18. The fourth-order valence-corrected chi connectivity index (χ4v) is 1.95. The zero-order chi connectivity index (χ0) is 12.1. The maximum Gasteiger partial charge on any atom is 0.0488 e. The molecule has 0 aliphatic rings. The SMILES string of the molecule is CC(CCN(C)C)Nc1ccc(N)cc1Br. The first-order chi connectivity index (χ1) is 7.49. The topological polar surface area (TPSA) is 41.3 Å². The second-order valence-corrected chi connectivity index (χ2v) is 5.23. The van der Waals surface area contributed by atoms with Gasteiger partial charge < -0.3 is 16.0 Å². The molecule has 0 bridgehead atoms. The van der Waals surface area contributed by atoms with Crippen molar-refractivity contribution in [2.24, 2.45) is 0 Å². The van der Waals surface area contributed by atoms with Gasteiger partial charge in [0.15, 0.2) is 0 Å². The second-order valence-electron chi connectivity index (χ2n) is 4.38. The Hall–Kier alpha value is -0.740. The van der Waals surface area contributed by atoms with Gasteiger partial charge >= 0.3 is 0 Å². The molecule has 0 saturated heterocycles. The van der Waals surface area contributed by atoms with Crippen molar-refractivity contribution in [3.63, 3.8) is 0 Å². The summed E-state index contributed by atoms with van der Waals surface area (Å²) in [4.78, 5) is 2.19. The third-order valence-corrected chi connectivity index (χ3v) is 3.06. The van der Waals surface area contributed by atoms with E-state index in [4.69, 9.17) is 5.73 Å². The van der Waals surface area contributed by atoms with E-state index in [1.165, 1.54) is 0 Å². The minimum Gasteiger partial charge on any atom is -0.399 e. The number of hydrogen-bond donors (Lipinski definition) is 2. The third kappa shape index (κ3) is 4.41. The Morgan fingerprint density at radius 1 is 1.44 bits per heavy atom. The first kappa shape index (κ1) is 13.3. The Morgan fingerprint density at radius 3 is 2.69 bits per heavy atom. The van der Waals surface area contributed by atoms with E-state index in [9.17, 15) is 0 Å². The van der Waals surface area contributed by atoms with E-state index >= 15 is 0 Å². The lowest BCUT2D eigenvalue weighted by molar-refractivity contribution is 0.390. The molecular weight excluding hydrogens is 266 g/mol. The van der Waals surface area contributed by atoms with E-state index in [2.05, 4.69) is 47.2 Å². The lowest BCUT2D eigenvalue weighted by Crippen LogP contribution is -2.23. The molecule has 0 amide bonds. The number of benzene rings is 1. The van der Waals surface area contributed by atoms with Crippen molar-refractivity contribution in [2.45, 2.75) is 19.4 Å². The zero-order valence-electron chi connectivity index (χ0n) is 10.1. The molecule has 1 rings (SSSR count). The van der Waals surface area contributed by atoms with Gasteiger partial charge in [-0.1, -0.05) is 0 Å². The number of hydrogen-bond acceptors (Lipinski definition) is 3. The number of nitrogens with zero attached hydrogens (tertiary/aromatic N) is 1. The number of nitrogen functional groups attached to an aromatic ring is 1. The first-order valence-electron chi connectivity index (χ1n) is 5.45. The van der Waals surface area contributed by atoms with Crippen LogP contribution in [0.2, 0.25) is 0 Å². The highest BCUT2D eigenvalue weighted by molar-refractivity contribution is 9.10. The molecule has 1 aromatic carbocycles. The standard InChI is InChI=1S/C12H20BrN3/c1-9(6-7-16(2)3)15-12-5-4-10(14)8-11(12)13/h4-5,8-9,15H,6-7,14H2,1-3H3. The highest BCUT2D eigenvalue weighted by atomic mass is 79.9. The molecule has 0 aromatic heterocycles. The van der Waals surface area contributed by atoms with E-state index in [1.807, 2.05) is 18.2 Å². The fraction of sp³-hybridized carbons (Fsp3) is 0.500. The third-order valence-electron chi connectivity index (χ3n) is 2.40. The van der Waals surface area contributed by atoms with Crippen molar-refractivity contribution in [3.05, 3.63) is 22.7 Å². The molecule has 0 heterocycles. The van der Waals surface area contributed by atoms with Crippen LogP contribution in [0.25, 0.3) is 0 Å². The lowest BCUT2D eigenvalue weighted by Gasteiger charge is -2.18. The first-order valence-corrected chi connectivity index (χ1v) is 6.24. The van der Waals surface area contributed by atoms with Crippen molar-refractivity contribution in [1.82, 2.24) is 4.90 Å². The molecule has 4 heteroatoms. The molecule has 0 aliphatic heterocycles.